The summed E-state index contributed by atoms with van der Waals surface area (Å²) in [5.74, 6) is -1.75. The Morgan fingerprint density at radius 3 is 2.86 bits per heavy atom. The molecule has 0 saturated heterocycles. The smallest absolute Gasteiger partial charge is 0.317 e. The van der Waals surface area contributed by atoms with E-state index in [1.807, 2.05) is 13.0 Å². The van der Waals surface area contributed by atoms with Gasteiger partial charge in [-0.2, -0.15) is 4.98 Å². The van der Waals surface area contributed by atoms with E-state index in [1.54, 1.807) is 28.0 Å². The minimum atomic E-state index is -2.78. The summed E-state index contributed by atoms with van der Waals surface area (Å²) >= 11 is 0. The molecule has 0 fully saturated rings. The number of rotatable bonds is 5. The van der Waals surface area contributed by atoms with Gasteiger partial charge in [0, 0.05) is 44.1 Å². The number of carbonyl (C=O) groups excluding carboxylic acids is 1. The predicted octanol–water partition coefficient (Wildman–Crippen LogP) is 4.48. The first kappa shape index (κ1) is 26.5. The number of imidazole rings is 1. The molecule has 200 valence electrons. The molecule has 0 unspecified atom stereocenters. The number of amides is 2. The molecule has 1 aliphatic rings. The summed E-state index contributed by atoms with van der Waals surface area (Å²) < 4.78 is 40.2. The minimum Gasteiger partial charge on any atom is -0.480 e. The Morgan fingerprint density at radius 1 is 1.27 bits per heavy atom. The number of hydrogen-bond donors (Lipinski definition) is 1. The fourth-order valence-electron chi connectivity index (χ4n) is 4.29. The Labute approximate surface area is 214 Å². The van der Waals surface area contributed by atoms with E-state index in [-0.39, 0.29) is 31.5 Å². The van der Waals surface area contributed by atoms with Crippen molar-refractivity contribution < 1.29 is 23.0 Å². The highest BCUT2D eigenvalue weighted by atomic mass is 19.3. The van der Waals surface area contributed by atoms with Crippen molar-refractivity contribution in [2.24, 2.45) is 0 Å². The molecule has 2 amide bonds. The Morgan fingerprint density at radius 2 is 2.11 bits per heavy atom. The van der Waals surface area contributed by atoms with E-state index in [1.165, 1.54) is 7.11 Å². The van der Waals surface area contributed by atoms with E-state index in [0.29, 0.717) is 48.4 Å². The maximum atomic E-state index is 13.6. The van der Waals surface area contributed by atoms with Gasteiger partial charge < -0.3 is 19.7 Å². The van der Waals surface area contributed by atoms with Gasteiger partial charge in [-0.05, 0) is 51.2 Å². The quantitative estimate of drug-likeness (QED) is 0.532. The number of aromatic nitrogens is 5. The van der Waals surface area contributed by atoms with Crippen LogP contribution in [0.25, 0.3) is 17.0 Å². The molecule has 3 aromatic heterocycles. The van der Waals surface area contributed by atoms with Crippen LogP contribution in [-0.2, 0) is 6.54 Å². The summed E-state index contributed by atoms with van der Waals surface area (Å²) in [5.41, 5.74) is 1.78. The van der Waals surface area contributed by atoms with Crippen LogP contribution in [0.15, 0.2) is 24.7 Å². The van der Waals surface area contributed by atoms with Crippen LogP contribution in [0.3, 0.4) is 0 Å². The first-order valence-corrected chi connectivity index (χ1v) is 12.6. The van der Waals surface area contributed by atoms with Crippen LogP contribution >= 0.6 is 0 Å². The molecule has 1 N–H and O–H groups in total. The molecule has 0 spiro atoms. The van der Waals surface area contributed by atoms with Crippen molar-refractivity contribution in [3.8, 4) is 23.1 Å². The Bertz CT molecular complexity index is 1210. The third kappa shape index (κ3) is 6.80. The van der Waals surface area contributed by atoms with Crippen molar-refractivity contribution in [3.63, 3.8) is 0 Å². The van der Waals surface area contributed by atoms with Crippen LogP contribution in [0, 0.1) is 0 Å². The lowest BCUT2D eigenvalue weighted by molar-refractivity contribution is 0.00808. The van der Waals surface area contributed by atoms with E-state index in [9.17, 15) is 13.6 Å². The number of methoxy groups -OCH3 is 1. The van der Waals surface area contributed by atoms with Gasteiger partial charge in [-0.25, -0.2) is 28.1 Å². The van der Waals surface area contributed by atoms with Crippen molar-refractivity contribution >= 4 is 11.7 Å². The number of hydrogen-bond acceptors (Lipinski definition) is 7. The van der Waals surface area contributed by atoms with Gasteiger partial charge in [0.1, 0.15) is 0 Å². The molecule has 37 heavy (non-hydrogen) atoms. The van der Waals surface area contributed by atoms with Crippen LogP contribution in [0.5, 0.6) is 11.8 Å². The van der Waals surface area contributed by atoms with Crippen LogP contribution in [0.4, 0.5) is 13.6 Å². The largest absolute Gasteiger partial charge is 0.480 e. The number of nitrogens with one attached hydrogen (secondary N) is 1. The molecule has 1 atom stereocenters. The number of halogens is 2. The monoisotopic (exact) mass is 517 g/mol. The zero-order chi connectivity index (χ0) is 26.4. The summed E-state index contributed by atoms with van der Waals surface area (Å²) in [7, 11) is 1.51. The highest BCUT2D eigenvalue weighted by molar-refractivity contribution is 5.74. The van der Waals surface area contributed by atoms with Gasteiger partial charge in [-0.1, -0.05) is 6.42 Å². The fraction of sp³-hybridized carbons (Fsp3) is 0.560. The summed E-state index contributed by atoms with van der Waals surface area (Å²) in [4.78, 5) is 28.1. The average molecular weight is 518 g/mol. The fourth-order valence-corrected chi connectivity index (χ4v) is 4.29. The molecular formula is C25H33F2N7O3. The van der Waals surface area contributed by atoms with Gasteiger partial charge in [0.2, 0.25) is 17.4 Å². The molecular weight excluding hydrogens is 484 g/mol. The number of alkyl halides is 2. The lowest BCUT2D eigenvalue weighted by Gasteiger charge is -2.26. The van der Waals surface area contributed by atoms with Gasteiger partial charge in [-0.3, -0.25) is 0 Å². The third-order valence-electron chi connectivity index (χ3n) is 6.30. The molecule has 1 aliphatic heterocycles. The van der Waals surface area contributed by atoms with Gasteiger partial charge in [0.05, 0.1) is 19.3 Å². The molecule has 0 aromatic carbocycles. The van der Waals surface area contributed by atoms with E-state index in [4.69, 9.17) is 9.47 Å². The highest BCUT2D eigenvalue weighted by Gasteiger charge is 2.25. The third-order valence-corrected chi connectivity index (χ3v) is 6.30. The van der Waals surface area contributed by atoms with E-state index < -0.39 is 5.92 Å². The first-order chi connectivity index (χ1) is 17.8. The number of urea groups is 1. The topological polar surface area (TPSA) is 107 Å². The van der Waals surface area contributed by atoms with Crippen molar-refractivity contribution in [3.05, 3.63) is 30.2 Å². The number of nitrogens with zero attached hydrogens (tertiary/aromatic N) is 6. The molecule has 4 heterocycles. The van der Waals surface area contributed by atoms with Crippen molar-refractivity contribution in [2.75, 3.05) is 20.3 Å². The predicted molar refractivity (Wildman–Crippen MR) is 133 cm³/mol. The number of fused-ring (bicyclic) bond motifs is 7. The Balaban J connectivity index is 1.68. The van der Waals surface area contributed by atoms with Crippen molar-refractivity contribution in [1.29, 1.82) is 0 Å². The van der Waals surface area contributed by atoms with Crippen molar-refractivity contribution in [2.45, 2.75) is 70.9 Å². The normalized spacial score (nSPS) is 17.7. The highest BCUT2D eigenvalue weighted by Crippen LogP contribution is 2.29. The van der Waals surface area contributed by atoms with Crippen LogP contribution in [0.2, 0.25) is 0 Å². The van der Waals surface area contributed by atoms with Gasteiger partial charge in [-0.15, -0.1) is 5.10 Å². The number of carbonyl (C=O) groups is 1. The molecule has 4 rings (SSSR count). The standard InChI is InChI=1S/C25H33F2N7O3/c1-4-33-16-17-14-19(22(36-3)29-15-17)20-31-23(21-28-11-12-34(21)32-20)37-13-7-5-6-8-18(30-24(33)35)9-10-25(2,26)27/h11-12,14-15,18H,4-10,13,16H2,1-3H3,(H,30,35)/t18-/m1/s1. The molecule has 0 saturated carbocycles. The number of pyridine rings is 1. The lowest BCUT2D eigenvalue weighted by Crippen LogP contribution is -2.44. The second-order valence-electron chi connectivity index (χ2n) is 9.30. The summed E-state index contributed by atoms with van der Waals surface area (Å²) in [6.45, 7) is 3.88. The van der Waals surface area contributed by atoms with Gasteiger partial charge in [0.15, 0.2) is 5.82 Å². The van der Waals surface area contributed by atoms with E-state index >= 15 is 0 Å². The van der Waals surface area contributed by atoms with E-state index in [0.717, 1.165) is 31.7 Å². The summed E-state index contributed by atoms with van der Waals surface area (Å²) in [5, 5.41) is 7.54. The number of ether oxygens (including phenoxy) is 2. The molecule has 12 heteroatoms. The Hall–Kier alpha value is -3.57. The molecule has 0 aliphatic carbocycles. The summed E-state index contributed by atoms with van der Waals surface area (Å²) in [6.07, 6.45) is 7.81. The SMILES string of the molecule is CCN1Cc2cnc(OC)c(c2)-c2nc(c3nccn3n2)OCCCCC[C@H](CCC(C)(F)F)NC1=O. The lowest BCUT2D eigenvalue weighted by atomic mass is 10.0. The Kier molecular flexibility index (Phi) is 8.34. The van der Waals surface area contributed by atoms with Crippen LogP contribution in [0.1, 0.15) is 57.9 Å². The van der Waals surface area contributed by atoms with Crippen LogP contribution in [-0.4, -0.2) is 67.7 Å². The zero-order valence-electron chi connectivity index (χ0n) is 21.4. The first-order valence-electron chi connectivity index (χ1n) is 12.6. The van der Waals surface area contributed by atoms with Crippen LogP contribution < -0.4 is 14.8 Å². The van der Waals surface area contributed by atoms with E-state index in [2.05, 4.69) is 25.4 Å². The maximum absolute atomic E-state index is 13.6. The molecule has 0 radical (unpaired) electrons. The maximum Gasteiger partial charge on any atom is 0.317 e. The van der Waals surface area contributed by atoms with Gasteiger partial charge >= 0.3 is 6.03 Å². The molecule has 4 bridgehead atoms. The molecule has 3 aromatic rings. The minimum absolute atomic E-state index is 0.205. The van der Waals surface area contributed by atoms with Crippen molar-refractivity contribution in [1.82, 2.24) is 34.8 Å². The molecule has 10 nitrogen and oxygen atoms in total. The zero-order valence-corrected chi connectivity index (χ0v) is 21.4. The van der Waals surface area contributed by atoms with Gasteiger partial charge in [0.25, 0.3) is 5.88 Å². The summed E-state index contributed by atoms with van der Waals surface area (Å²) in [6, 6.07) is 1.19. The second-order valence-corrected chi connectivity index (χ2v) is 9.30. The average Bonchev–Trinajstić information content (AvgIpc) is 3.35. The second kappa shape index (κ2) is 11.7.